The third-order valence-electron chi connectivity index (χ3n) is 4.25. The van der Waals surface area contributed by atoms with Gasteiger partial charge in [0.25, 0.3) is 5.91 Å². The lowest BCUT2D eigenvalue weighted by molar-refractivity contribution is 0.0735. The summed E-state index contributed by atoms with van der Waals surface area (Å²) in [4.78, 5) is 14.7. The summed E-state index contributed by atoms with van der Waals surface area (Å²) in [5.41, 5.74) is 3.98. The van der Waals surface area contributed by atoms with E-state index < -0.39 is 0 Å². The molecule has 0 saturated carbocycles. The average molecular weight is 295 g/mol. The molecule has 4 nitrogen and oxygen atoms in total. The summed E-state index contributed by atoms with van der Waals surface area (Å²) in [5.74, 6) is 0.0765. The second-order valence-electron chi connectivity index (χ2n) is 6.07. The maximum absolute atomic E-state index is 12.7. The lowest BCUT2D eigenvalue weighted by Gasteiger charge is -2.25. The van der Waals surface area contributed by atoms with Crippen LogP contribution in [0.25, 0.3) is 0 Å². The highest BCUT2D eigenvalue weighted by molar-refractivity contribution is 5.94. The van der Waals surface area contributed by atoms with Crippen molar-refractivity contribution >= 4 is 5.91 Å². The van der Waals surface area contributed by atoms with Crippen molar-refractivity contribution in [3.8, 4) is 0 Å². The first-order chi connectivity index (χ1) is 10.6. The van der Waals surface area contributed by atoms with Gasteiger partial charge in [-0.15, -0.1) is 0 Å². The number of likely N-dealkylation sites (tertiary alicyclic amines) is 1. The summed E-state index contributed by atoms with van der Waals surface area (Å²) in [6, 6.07) is 10.7. The third-order valence-corrected chi connectivity index (χ3v) is 4.25. The number of benzene rings is 1. The Morgan fingerprint density at radius 1 is 1.27 bits per heavy atom. The van der Waals surface area contributed by atoms with Gasteiger partial charge in [0.15, 0.2) is 0 Å². The summed E-state index contributed by atoms with van der Waals surface area (Å²) < 4.78 is 0. The number of nitrogens with zero attached hydrogens (tertiary/aromatic N) is 3. The molecule has 2 heterocycles. The molecule has 1 unspecified atom stereocenters. The summed E-state index contributed by atoms with van der Waals surface area (Å²) in [7, 11) is 0. The van der Waals surface area contributed by atoms with Crippen LogP contribution in [0.3, 0.4) is 0 Å². The summed E-state index contributed by atoms with van der Waals surface area (Å²) in [5, 5.41) is 7.82. The molecule has 1 aromatic carbocycles. The van der Waals surface area contributed by atoms with E-state index in [0.29, 0.717) is 5.56 Å². The standard InChI is InChI=1S/C18H21N3O/c1-13-5-7-15(8-6-13)11-17-4-3-9-21(17)18(22)16-10-14(2)20-19-12-16/h5-8,10,12,17H,3-4,9,11H2,1-2H3. The molecular weight excluding hydrogens is 274 g/mol. The van der Waals surface area contributed by atoms with Crippen LogP contribution in [0.4, 0.5) is 0 Å². The van der Waals surface area contributed by atoms with Gasteiger partial charge in [-0.2, -0.15) is 10.2 Å². The van der Waals surface area contributed by atoms with Gasteiger partial charge in [0.2, 0.25) is 0 Å². The van der Waals surface area contributed by atoms with Crippen LogP contribution in [0.1, 0.15) is 40.0 Å². The Morgan fingerprint density at radius 3 is 2.77 bits per heavy atom. The smallest absolute Gasteiger partial charge is 0.255 e. The SMILES string of the molecule is Cc1ccc(CC2CCCN2C(=O)c2cnnc(C)c2)cc1. The molecule has 1 aliphatic heterocycles. The Morgan fingerprint density at radius 2 is 2.05 bits per heavy atom. The second kappa shape index (κ2) is 6.26. The number of carbonyl (C=O) groups excluding carboxylic acids is 1. The quantitative estimate of drug-likeness (QED) is 0.874. The third kappa shape index (κ3) is 3.16. The van der Waals surface area contributed by atoms with Gasteiger partial charge >= 0.3 is 0 Å². The zero-order chi connectivity index (χ0) is 15.5. The van der Waals surface area contributed by atoms with Crippen LogP contribution in [0, 0.1) is 13.8 Å². The Labute approximate surface area is 131 Å². The fourth-order valence-corrected chi connectivity index (χ4v) is 3.07. The van der Waals surface area contributed by atoms with E-state index in [1.807, 2.05) is 17.9 Å². The fraction of sp³-hybridized carbons (Fsp3) is 0.389. The largest absolute Gasteiger partial charge is 0.335 e. The first-order valence-electron chi connectivity index (χ1n) is 7.79. The van der Waals surface area contributed by atoms with E-state index in [0.717, 1.165) is 31.5 Å². The lowest BCUT2D eigenvalue weighted by atomic mass is 10.0. The van der Waals surface area contributed by atoms with Gasteiger partial charge in [0, 0.05) is 12.6 Å². The van der Waals surface area contributed by atoms with E-state index in [1.54, 1.807) is 6.20 Å². The molecule has 1 amide bonds. The van der Waals surface area contributed by atoms with Gasteiger partial charge in [0.1, 0.15) is 0 Å². The zero-order valence-corrected chi connectivity index (χ0v) is 13.1. The van der Waals surface area contributed by atoms with Crippen LogP contribution in [0.15, 0.2) is 36.5 Å². The molecule has 1 aliphatic rings. The first kappa shape index (κ1) is 14.7. The van der Waals surface area contributed by atoms with Crippen molar-refractivity contribution < 1.29 is 4.79 Å². The second-order valence-corrected chi connectivity index (χ2v) is 6.07. The van der Waals surface area contributed by atoms with Crippen LogP contribution in [0.5, 0.6) is 0 Å². The van der Waals surface area contributed by atoms with Gasteiger partial charge < -0.3 is 4.90 Å². The normalized spacial score (nSPS) is 17.7. The highest BCUT2D eigenvalue weighted by Crippen LogP contribution is 2.23. The van der Waals surface area contributed by atoms with Crippen LogP contribution >= 0.6 is 0 Å². The number of carbonyl (C=O) groups is 1. The lowest BCUT2D eigenvalue weighted by Crippen LogP contribution is -2.37. The van der Waals surface area contributed by atoms with Crippen molar-refractivity contribution in [2.75, 3.05) is 6.54 Å². The molecule has 1 saturated heterocycles. The fourth-order valence-electron chi connectivity index (χ4n) is 3.07. The Balaban J connectivity index is 1.75. The Hall–Kier alpha value is -2.23. The monoisotopic (exact) mass is 295 g/mol. The zero-order valence-electron chi connectivity index (χ0n) is 13.1. The number of aryl methyl sites for hydroxylation is 2. The number of hydrogen-bond donors (Lipinski definition) is 0. The molecule has 0 bridgehead atoms. The van der Waals surface area contributed by atoms with Gasteiger partial charge in [-0.1, -0.05) is 29.8 Å². The minimum Gasteiger partial charge on any atom is -0.335 e. The van der Waals surface area contributed by atoms with E-state index in [1.165, 1.54) is 11.1 Å². The Kier molecular flexibility index (Phi) is 4.18. The maximum Gasteiger partial charge on any atom is 0.255 e. The van der Waals surface area contributed by atoms with Crippen molar-refractivity contribution in [2.45, 2.75) is 39.2 Å². The summed E-state index contributed by atoms with van der Waals surface area (Å²) in [6.07, 6.45) is 4.62. The van der Waals surface area contributed by atoms with Gasteiger partial charge in [-0.3, -0.25) is 4.79 Å². The van der Waals surface area contributed by atoms with E-state index in [2.05, 4.69) is 41.4 Å². The van der Waals surface area contributed by atoms with E-state index in [-0.39, 0.29) is 11.9 Å². The molecule has 22 heavy (non-hydrogen) atoms. The number of amides is 1. The van der Waals surface area contributed by atoms with Crippen molar-refractivity contribution in [3.63, 3.8) is 0 Å². The van der Waals surface area contributed by atoms with Crippen molar-refractivity contribution in [1.29, 1.82) is 0 Å². The van der Waals surface area contributed by atoms with Crippen LogP contribution in [-0.4, -0.2) is 33.6 Å². The molecule has 1 aromatic heterocycles. The summed E-state index contributed by atoms with van der Waals surface area (Å²) >= 11 is 0. The van der Waals surface area contributed by atoms with Crippen molar-refractivity contribution in [2.24, 2.45) is 0 Å². The predicted octanol–water partition coefficient (Wildman–Crippen LogP) is 2.94. The molecule has 114 valence electrons. The molecule has 3 rings (SSSR count). The highest BCUT2D eigenvalue weighted by atomic mass is 16.2. The number of hydrogen-bond acceptors (Lipinski definition) is 3. The van der Waals surface area contributed by atoms with E-state index in [9.17, 15) is 4.79 Å². The van der Waals surface area contributed by atoms with E-state index >= 15 is 0 Å². The minimum absolute atomic E-state index is 0.0765. The van der Waals surface area contributed by atoms with Crippen LogP contribution < -0.4 is 0 Å². The van der Waals surface area contributed by atoms with Crippen molar-refractivity contribution in [1.82, 2.24) is 15.1 Å². The first-order valence-corrected chi connectivity index (χ1v) is 7.79. The molecular formula is C18H21N3O. The summed E-state index contributed by atoms with van der Waals surface area (Å²) in [6.45, 7) is 4.78. The molecule has 2 aromatic rings. The molecule has 0 radical (unpaired) electrons. The predicted molar refractivity (Wildman–Crippen MR) is 85.7 cm³/mol. The number of rotatable bonds is 3. The molecule has 1 atom stereocenters. The molecule has 1 fully saturated rings. The van der Waals surface area contributed by atoms with Gasteiger partial charge in [-0.05, 0) is 44.7 Å². The maximum atomic E-state index is 12.7. The topological polar surface area (TPSA) is 46.1 Å². The van der Waals surface area contributed by atoms with Crippen LogP contribution in [-0.2, 0) is 6.42 Å². The van der Waals surface area contributed by atoms with E-state index in [4.69, 9.17) is 0 Å². The molecule has 0 spiro atoms. The highest BCUT2D eigenvalue weighted by Gasteiger charge is 2.29. The average Bonchev–Trinajstić information content (AvgIpc) is 2.97. The number of aromatic nitrogens is 2. The van der Waals surface area contributed by atoms with Gasteiger partial charge in [0.05, 0.1) is 17.5 Å². The molecule has 0 aliphatic carbocycles. The minimum atomic E-state index is 0.0765. The molecule has 4 heteroatoms. The van der Waals surface area contributed by atoms with Gasteiger partial charge in [-0.25, -0.2) is 0 Å². The molecule has 0 N–H and O–H groups in total. The van der Waals surface area contributed by atoms with Crippen LogP contribution in [0.2, 0.25) is 0 Å². The Bertz CT molecular complexity index is 666. The van der Waals surface area contributed by atoms with Crippen molar-refractivity contribution in [3.05, 3.63) is 58.9 Å².